The molecule has 0 spiro atoms. The third-order valence-electron chi connectivity index (χ3n) is 2.73. The fraction of sp³-hybridized carbons (Fsp3) is 0.857. The lowest BCUT2D eigenvalue weighted by Crippen LogP contribution is -2.39. The number of nitrogens with one attached hydrogen (secondary N) is 1. The smallest absolute Gasteiger partial charge is 0.328 e. The summed E-state index contributed by atoms with van der Waals surface area (Å²) < 4.78 is 5.10. The molecule has 4 heteroatoms. The first-order valence-corrected chi connectivity index (χ1v) is 7.07. The Bertz CT molecular complexity index is 241. The first-order valence-electron chi connectivity index (χ1n) is 7.07. The molecule has 1 amide bonds. The van der Waals surface area contributed by atoms with Crippen LogP contribution in [0, 0.1) is 0 Å². The lowest BCUT2D eigenvalue weighted by atomic mass is 10.2. The zero-order valence-corrected chi connectivity index (χ0v) is 12.0. The van der Waals surface area contributed by atoms with Crippen molar-refractivity contribution in [3.8, 4) is 0 Å². The Morgan fingerprint density at radius 3 is 2.33 bits per heavy atom. The zero-order valence-electron chi connectivity index (χ0n) is 12.0. The summed E-state index contributed by atoms with van der Waals surface area (Å²) in [6.45, 7) is 6.29. The van der Waals surface area contributed by atoms with Crippen LogP contribution in [-0.4, -0.2) is 24.5 Å². The van der Waals surface area contributed by atoms with E-state index in [0.717, 1.165) is 32.1 Å². The van der Waals surface area contributed by atoms with Gasteiger partial charge in [0.2, 0.25) is 5.91 Å². The molecule has 1 N–H and O–H groups in total. The van der Waals surface area contributed by atoms with Gasteiger partial charge in [-0.2, -0.15) is 0 Å². The van der Waals surface area contributed by atoms with Crippen LogP contribution in [0.2, 0.25) is 0 Å². The van der Waals surface area contributed by atoms with E-state index < -0.39 is 6.04 Å². The van der Waals surface area contributed by atoms with Gasteiger partial charge in [0.15, 0.2) is 0 Å². The van der Waals surface area contributed by atoms with Crippen molar-refractivity contribution in [2.45, 2.75) is 71.8 Å². The molecule has 1 atom stereocenters. The van der Waals surface area contributed by atoms with E-state index in [1.165, 1.54) is 6.42 Å². The molecule has 0 fully saturated rings. The number of esters is 1. The maximum atomic E-state index is 11.5. The summed E-state index contributed by atoms with van der Waals surface area (Å²) in [5.74, 6) is -0.413. The minimum Gasteiger partial charge on any atom is -0.464 e. The average Bonchev–Trinajstić information content (AvgIpc) is 2.35. The molecule has 1 unspecified atom stereocenters. The highest BCUT2D eigenvalue weighted by molar-refractivity contribution is 5.84. The van der Waals surface area contributed by atoms with Crippen LogP contribution in [-0.2, 0) is 14.3 Å². The average molecular weight is 257 g/mol. The lowest BCUT2D eigenvalue weighted by molar-refractivity contribution is -0.147. The monoisotopic (exact) mass is 257 g/mol. The summed E-state index contributed by atoms with van der Waals surface area (Å²) >= 11 is 0. The number of rotatable bonds is 10. The SMILES string of the molecule is CCCCCCOC(=O)C(C)NC(=O)CCCC. The Morgan fingerprint density at radius 1 is 1.06 bits per heavy atom. The van der Waals surface area contributed by atoms with E-state index in [1.54, 1.807) is 6.92 Å². The molecule has 0 rings (SSSR count). The first-order chi connectivity index (χ1) is 8.61. The van der Waals surface area contributed by atoms with Gasteiger partial charge in [-0.1, -0.05) is 39.5 Å². The van der Waals surface area contributed by atoms with Crippen molar-refractivity contribution in [3.63, 3.8) is 0 Å². The molecule has 0 bridgehead atoms. The van der Waals surface area contributed by atoms with E-state index in [1.807, 2.05) is 6.92 Å². The predicted octanol–water partition coefficient (Wildman–Crippen LogP) is 2.80. The molecule has 0 heterocycles. The van der Waals surface area contributed by atoms with Crippen molar-refractivity contribution < 1.29 is 14.3 Å². The second-order valence-corrected chi connectivity index (χ2v) is 4.62. The second-order valence-electron chi connectivity index (χ2n) is 4.62. The van der Waals surface area contributed by atoms with E-state index >= 15 is 0 Å². The van der Waals surface area contributed by atoms with Crippen LogP contribution in [0.15, 0.2) is 0 Å². The van der Waals surface area contributed by atoms with Crippen molar-refractivity contribution in [2.24, 2.45) is 0 Å². The highest BCUT2D eigenvalue weighted by atomic mass is 16.5. The zero-order chi connectivity index (χ0) is 13.8. The number of hydrogen-bond donors (Lipinski definition) is 1. The summed E-state index contributed by atoms with van der Waals surface area (Å²) in [7, 11) is 0. The van der Waals surface area contributed by atoms with Crippen LogP contribution in [0.5, 0.6) is 0 Å². The molecule has 0 saturated heterocycles. The van der Waals surface area contributed by atoms with Gasteiger partial charge in [0.25, 0.3) is 0 Å². The van der Waals surface area contributed by atoms with Crippen molar-refractivity contribution in [1.82, 2.24) is 5.32 Å². The molecule has 106 valence electrons. The van der Waals surface area contributed by atoms with E-state index in [4.69, 9.17) is 4.74 Å². The van der Waals surface area contributed by atoms with Crippen LogP contribution >= 0.6 is 0 Å². The largest absolute Gasteiger partial charge is 0.464 e. The number of carbonyl (C=O) groups is 2. The van der Waals surface area contributed by atoms with Crippen LogP contribution < -0.4 is 5.32 Å². The van der Waals surface area contributed by atoms with Crippen LogP contribution in [0.4, 0.5) is 0 Å². The molecule has 0 saturated carbocycles. The lowest BCUT2D eigenvalue weighted by Gasteiger charge is -2.13. The van der Waals surface area contributed by atoms with Gasteiger partial charge in [-0.25, -0.2) is 4.79 Å². The molecule has 0 aromatic heterocycles. The van der Waals surface area contributed by atoms with Crippen LogP contribution in [0.3, 0.4) is 0 Å². The number of hydrogen-bond acceptors (Lipinski definition) is 3. The minimum absolute atomic E-state index is 0.0766. The van der Waals surface area contributed by atoms with Gasteiger partial charge in [0, 0.05) is 6.42 Å². The van der Waals surface area contributed by atoms with Crippen LogP contribution in [0.25, 0.3) is 0 Å². The molecule has 0 aliphatic rings. The number of ether oxygens (including phenoxy) is 1. The van der Waals surface area contributed by atoms with Gasteiger partial charge in [0.05, 0.1) is 6.61 Å². The fourth-order valence-electron chi connectivity index (χ4n) is 1.54. The number of amides is 1. The van der Waals surface area contributed by atoms with E-state index in [9.17, 15) is 9.59 Å². The highest BCUT2D eigenvalue weighted by Crippen LogP contribution is 2.00. The Morgan fingerprint density at radius 2 is 1.72 bits per heavy atom. The maximum absolute atomic E-state index is 11.5. The fourth-order valence-corrected chi connectivity index (χ4v) is 1.54. The maximum Gasteiger partial charge on any atom is 0.328 e. The topological polar surface area (TPSA) is 55.4 Å². The van der Waals surface area contributed by atoms with Crippen molar-refractivity contribution in [2.75, 3.05) is 6.61 Å². The summed E-state index contributed by atoms with van der Waals surface area (Å²) in [6.07, 6.45) is 6.62. The molecule has 0 aromatic carbocycles. The predicted molar refractivity (Wildman–Crippen MR) is 72.2 cm³/mol. The first kappa shape index (κ1) is 16.9. The van der Waals surface area contributed by atoms with Gasteiger partial charge in [-0.3, -0.25) is 4.79 Å². The van der Waals surface area contributed by atoms with Gasteiger partial charge in [-0.05, 0) is 19.8 Å². The summed E-state index contributed by atoms with van der Waals surface area (Å²) in [6, 6.07) is -0.541. The van der Waals surface area contributed by atoms with Gasteiger partial charge >= 0.3 is 5.97 Å². The van der Waals surface area contributed by atoms with Gasteiger partial charge < -0.3 is 10.1 Å². The summed E-state index contributed by atoms with van der Waals surface area (Å²) in [4.78, 5) is 23.0. The van der Waals surface area contributed by atoms with Gasteiger partial charge in [0.1, 0.15) is 6.04 Å². The molecule has 0 aromatic rings. The molecule has 18 heavy (non-hydrogen) atoms. The Labute approximate surface area is 110 Å². The molecule has 4 nitrogen and oxygen atoms in total. The Kier molecular flexibility index (Phi) is 10.4. The normalized spacial score (nSPS) is 11.9. The summed E-state index contributed by atoms with van der Waals surface area (Å²) in [5.41, 5.74) is 0. The van der Waals surface area contributed by atoms with Crippen molar-refractivity contribution >= 4 is 11.9 Å². The van der Waals surface area contributed by atoms with Crippen molar-refractivity contribution in [3.05, 3.63) is 0 Å². The van der Waals surface area contributed by atoms with E-state index in [0.29, 0.717) is 13.0 Å². The van der Waals surface area contributed by atoms with Crippen molar-refractivity contribution in [1.29, 1.82) is 0 Å². The highest BCUT2D eigenvalue weighted by Gasteiger charge is 2.16. The molecule has 0 aliphatic heterocycles. The molecule has 0 aliphatic carbocycles. The molecular weight excluding hydrogens is 230 g/mol. The van der Waals surface area contributed by atoms with E-state index in [2.05, 4.69) is 12.2 Å². The number of carbonyl (C=O) groups excluding carboxylic acids is 2. The third kappa shape index (κ3) is 9.02. The number of unbranched alkanes of at least 4 members (excludes halogenated alkanes) is 4. The Hall–Kier alpha value is -1.06. The third-order valence-corrected chi connectivity index (χ3v) is 2.73. The van der Waals surface area contributed by atoms with E-state index in [-0.39, 0.29) is 11.9 Å². The van der Waals surface area contributed by atoms with Crippen LogP contribution in [0.1, 0.15) is 65.7 Å². The quantitative estimate of drug-likeness (QED) is 0.483. The standard InChI is InChI=1S/C14H27NO3/c1-4-6-8-9-11-18-14(17)12(3)15-13(16)10-7-5-2/h12H,4-11H2,1-3H3,(H,15,16). The van der Waals surface area contributed by atoms with Gasteiger partial charge in [-0.15, -0.1) is 0 Å². The molecule has 0 radical (unpaired) electrons. The minimum atomic E-state index is -0.541. The second kappa shape index (κ2) is 11.1. The summed E-state index contributed by atoms with van der Waals surface area (Å²) in [5, 5.41) is 2.65. The molecular formula is C14H27NO3. The Balaban J connectivity index is 3.65.